The molecule has 142 valence electrons. The lowest BCUT2D eigenvalue weighted by Crippen LogP contribution is -2.58. The van der Waals surface area contributed by atoms with E-state index in [9.17, 15) is 10.1 Å². The Morgan fingerprint density at radius 1 is 1.15 bits per heavy atom. The summed E-state index contributed by atoms with van der Waals surface area (Å²) in [5.41, 5.74) is 1.90. The van der Waals surface area contributed by atoms with Crippen molar-refractivity contribution in [1.29, 1.82) is 0 Å². The van der Waals surface area contributed by atoms with Crippen molar-refractivity contribution in [3.8, 4) is 0 Å². The van der Waals surface area contributed by atoms with Gasteiger partial charge in [0.15, 0.2) is 0 Å². The van der Waals surface area contributed by atoms with E-state index in [4.69, 9.17) is 0 Å². The largest absolute Gasteiger partial charge is 0.367 e. The number of nitrogens with zero attached hydrogens (tertiary/aromatic N) is 5. The van der Waals surface area contributed by atoms with Gasteiger partial charge < -0.3 is 10.2 Å². The van der Waals surface area contributed by atoms with Gasteiger partial charge in [-0.1, -0.05) is 0 Å². The van der Waals surface area contributed by atoms with Gasteiger partial charge in [-0.2, -0.15) is 0 Å². The molecule has 1 aliphatic heterocycles. The minimum Gasteiger partial charge on any atom is -0.367 e. The number of anilines is 3. The van der Waals surface area contributed by atoms with Crippen LogP contribution >= 0.6 is 0 Å². The quantitative estimate of drug-likeness (QED) is 0.589. The molecule has 2 heterocycles. The lowest BCUT2D eigenvalue weighted by molar-refractivity contribution is -0.385. The maximum absolute atomic E-state index is 10.7. The maximum Gasteiger partial charge on any atom is 0.305 e. The highest BCUT2D eigenvalue weighted by Gasteiger charge is 2.30. The van der Waals surface area contributed by atoms with Crippen molar-refractivity contribution in [2.24, 2.45) is 0 Å². The normalized spacial score (nSPS) is 20.5. The molecule has 4 rings (SSSR count). The van der Waals surface area contributed by atoms with Crippen LogP contribution in [0.2, 0.25) is 0 Å². The molecule has 1 aromatic heterocycles. The minimum atomic E-state index is -0.514. The van der Waals surface area contributed by atoms with Crippen LogP contribution in [-0.4, -0.2) is 58.7 Å². The third-order valence-electron chi connectivity index (χ3n) is 4.99. The number of hydrogen-bond acceptors (Lipinski definition) is 8. The van der Waals surface area contributed by atoms with Crippen molar-refractivity contribution in [2.45, 2.75) is 25.0 Å². The lowest BCUT2D eigenvalue weighted by atomic mass is 10.2. The summed E-state index contributed by atoms with van der Waals surface area (Å²) in [6.07, 6.45) is 5.35. The fraction of sp³-hybridized carbons (Fsp3) is 0.444. The number of likely N-dealkylation sites (N-methyl/N-ethyl adjacent to an activating group) is 1. The van der Waals surface area contributed by atoms with Crippen LogP contribution in [0.3, 0.4) is 0 Å². The van der Waals surface area contributed by atoms with E-state index >= 15 is 0 Å². The van der Waals surface area contributed by atoms with Gasteiger partial charge in [-0.15, -0.1) is 0 Å². The number of benzene rings is 1. The highest BCUT2D eigenvalue weighted by atomic mass is 16.6. The first kappa shape index (κ1) is 17.6. The van der Waals surface area contributed by atoms with Crippen LogP contribution < -0.4 is 15.5 Å². The van der Waals surface area contributed by atoms with Crippen LogP contribution in [0.1, 0.15) is 12.8 Å². The highest BCUT2D eigenvalue weighted by Crippen LogP contribution is 2.24. The summed E-state index contributed by atoms with van der Waals surface area (Å²) in [4.78, 5) is 22.9. The molecule has 1 unspecified atom stereocenters. The SMILES string of the molecule is CN1CCN(c2ccc(Nc3ncc([N+](=O)[O-])cn3)cc2)CC1NC1CC1. The van der Waals surface area contributed by atoms with Gasteiger partial charge in [-0.3, -0.25) is 20.3 Å². The molecule has 9 heteroatoms. The van der Waals surface area contributed by atoms with E-state index in [0.29, 0.717) is 18.2 Å². The molecule has 0 radical (unpaired) electrons. The molecular weight excluding hydrogens is 346 g/mol. The Labute approximate surface area is 157 Å². The van der Waals surface area contributed by atoms with Crippen molar-refractivity contribution in [3.05, 3.63) is 46.8 Å². The predicted octanol–water partition coefficient (Wildman–Crippen LogP) is 1.96. The topological polar surface area (TPSA) is 99.5 Å². The van der Waals surface area contributed by atoms with Crippen LogP contribution in [-0.2, 0) is 0 Å². The average molecular weight is 369 g/mol. The standard InChI is InChI=1S/C18H23N7O2/c1-23-8-9-24(12-17(23)21-13-2-3-13)15-6-4-14(5-7-15)22-18-19-10-16(11-20-18)25(26)27/h4-7,10-11,13,17,21H,2-3,8-9,12H2,1H3,(H,19,20,22). The van der Waals surface area contributed by atoms with Gasteiger partial charge in [0.05, 0.1) is 11.1 Å². The molecular formula is C18H23N7O2. The molecule has 2 N–H and O–H groups in total. The first-order chi connectivity index (χ1) is 13.1. The Balaban J connectivity index is 1.38. The van der Waals surface area contributed by atoms with Crippen LogP contribution in [0, 0.1) is 10.1 Å². The molecule has 1 aromatic carbocycles. The maximum atomic E-state index is 10.7. The summed E-state index contributed by atoms with van der Waals surface area (Å²) in [6, 6.07) is 8.79. The molecule has 1 aliphatic carbocycles. The van der Waals surface area contributed by atoms with Gasteiger partial charge in [0.25, 0.3) is 0 Å². The highest BCUT2D eigenvalue weighted by molar-refractivity contribution is 5.59. The molecule has 2 fully saturated rings. The van der Waals surface area contributed by atoms with Crippen molar-refractivity contribution < 1.29 is 4.92 Å². The first-order valence-electron chi connectivity index (χ1n) is 9.13. The molecule has 0 bridgehead atoms. The Bertz CT molecular complexity index is 792. The van der Waals surface area contributed by atoms with Crippen LogP contribution in [0.15, 0.2) is 36.7 Å². The molecule has 27 heavy (non-hydrogen) atoms. The van der Waals surface area contributed by atoms with Crippen LogP contribution in [0.5, 0.6) is 0 Å². The molecule has 2 aromatic rings. The van der Waals surface area contributed by atoms with Crippen LogP contribution in [0.25, 0.3) is 0 Å². The van der Waals surface area contributed by atoms with E-state index in [1.807, 2.05) is 12.1 Å². The second kappa shape index (κ2) is 7.45. The fourth-order valence-electron chi connectivity index (χ4n) is 3.17. The zero-order valence-electron chi connectivity index (χ0n) is 15.2. The number of aromatic nitrogens is 2. The Kier molecular flexibility index (Phi) is 4.87. The van der Waals surface area contributed by atoms with Gasteiger partial charge in [-0.25, -0.2) is 9.97 Å². The summed E-state index contributed by atoms with van der Waals surface area (Å²) in [5.74, 6) is 0.335. The molecule has 0 amide bonds. The second-order valence-electron chi connectivity index (χ2n) is 7.08. The van der Waals surface area contributed by atoms with E-state index in [0.717, 1.165) is 25.3 Å². The molecule has 1 saturated carbocycles. The predicted molar refractivity (Wildman–Crippen MR) is 103 cm³/mol. The first-order valence-corrected chi connectivity index (χ1v) is 9.13. The van der Waals surface area contributed by atoms with Gasteiger partial charge in [-0.05, 0) is 44.2 Å². The molecule has 1 saturated heterocycles. The van der Waals surface area contributed by atoms with Crippen molar-refractivity contribution in [1.82, 2.24) is 20.2 Å². The molecule has 1 atom stereocenters. The van der Waals surface area contributed by atoms with E-state index in [1.54, 1.807) is 0 Å². The number of piperazine rings is 1. The number of nitrogens with one attached hydrogen (secondary N) is 2. The van der Waals surface area contributed by atoms with Crippen LogP contribution in [0.4, 0.5) is 23.0 Å². The van der Waals surface area contributed by atoms with Crippen molar-refractivity contribution in [3.63, 3.8) is 0 Å². The Hall–Kier alpha value is -2.78. The molecule has 0 spiro atoms. The Morgan fingerprint density at radius 2 is 1.85 bits per heavy atom. The summed E-state index contributed by atoms with van der Waals surface area (Å²) >= 11 is 0. The van der Waals surface area contributed by atoms with Crippen molar-refractivity contribution in [2.75, 3.05) is 36.9 Å². The fourth-order valence-corrected chi connectivity index (χ4v) is 3.17. The van der Waals surface area contributed by atoms with Gasteiger partial charge >= 0.3 is 5.69 Å². The minimum absolute atomic E-state index is 0.125. The molecule has 2 aliphatic rings. The Morgan fingerprint density at radius 3 is 2.48 bits per heavy atom. The smallest absolute Gasteiger partial charge is 0.305 e. The van der Waals surface area contributed by atoms with E-state index in [1.165, 1.54) is 30.9 Å². The third-order valence-corrected chi connectivity index (χ3v) is 4.99. The zero-order valence-corrected chi connectivity index (χ0v) is 15.2. The zero-order chi connectivity index (χ0) is 18.8. The number of hydrogen-bond donors (Lipinski definition) is 2. The van der Waals surface area contributed by atoms with Gasteiger partial charge in [0.2, 0.25) is 5.95 Å². The number of rotatable bonds is 6. The number of nitro groups is 1. The summed E-state index contributed by atoms with van der Waals surface area (Å²) in [5, 5.41) is 17.4. The summed E-state index contributed by atoms with van der Waals surface area (Å²) in [6.45, 7) is 2.99. The van der Waals surface area contributed by atoms with Crippen molar-refractivity contribution >= 4 is 23.0 Å². The van der Waals surface area contributed by atoms with E-state index in [-0.39, 0.29) is 5.69 Å². The monoisotopic (exact) mass is 369 g/mol. The van der Waals surface area contributed by atoms with Gasteiger partial charge in [0, 0.05) is 37.1 Å². The van der Waals surface area contributed by atoms with E-state index in [2.05, 4.69) is 49.6 Å². The summed E-state index contributed by atoms with van der Waals surface area (Å²) < 4.78 is 0. The van der Waals surface area contributed by atoms with E-state index < -0.39 is 4.92 Å². The second-order valence-corrected chi connectivity index (χ2v) is 7.08. The molecule has 9 nitrogen and oxygen atoms in total. The third kappa shape index (κ3) is 4.32. The lowest BCUT2D eigenvalue weighted by Gasteiger charge is -2.41. The summed E-state index contributed by atoms with van der Waals surface area (Å²) in [7, 11) is 2.18. The van der Waals surface area contributed by atoms with Gasteiger partial charge in [0.1, 0.15) is 12.4 Å². The average Bonchev–Trinajstić information content (AvgIpc) is 3.49.